The predicted octanol–water partition coefficient (Wildman–Crippen LogP) is 4.49. The minimum Gasteiger partial charge on any atom is -0.472 e. The van der Waals surface area contributed by atoms with Gasteiger partial charge in [-0.25, -0.2) is 4.79 Å². The number of rotatable bonds is 5. The minimum atomic E-state index is -4.53. The van der Waals surface area contributed by atoms with E-state index in [-0.39, 0.29) is 40.8 Å². The summed E-state index contributed by atoms with van der Waals surface area (Å²) in [5.74, 6) is 1.64. The number of hydrogen-bond donors (Lipinski definition) is 0. The minimum absolute atomic E-state index is 0.0320. The van der Waals surface area contributed by atoms with E-state index >= 15 is 0 Å². The lowest BCUT2D eigenvalue weighted by Crippen LogP contribution is -2.44. The van der Waals surface area contributed by atoms with Gasteiger partial charge in [0, 0.05) is 18.2 Å². The normalized spacial score (nSPS) is 21.7. The van der Waals surface area contributed by atoms with Crippen LogP contribution in [0.4, 0.5) is 19.0 Å². The van der Waals surface area contributed by atoms with Crippen molar-refractivity contribution in [3.8, 4) is 23.4 Å². The number of nitrogens with zero attached hydrogens (tertiary/aromatic N) is 4. The van der Waals surface area contributed by atoms with Gasteiger partial charge in [0.1, 0.15) is 24.2 Å². The van der Waals surface area contributed by atoms with Gasteiger partial charge in [-0.15, -0.1) is 0 Å². The number of anilines is 1. The van der Waals surface area contributed by atoms with Crippen molar-refractivity contribution in [2.75, 3.05) is 11.4 Å². The molecular formula is C25H19F3N4O3. The van der Waals surface area contributed by atoms with Crippen LogP contribution in [0, 0.1) is 17.2 Å². The summed E-state index contributed by atoms with van der Waals surface area (Å²) in [5, 5.41) is 9.53. The molecular weight excluding hydrogens is 461 g/mol. The number of hydrogen-bond acceptors (Lipinski definition) is 6. The fourth-order valence-electron chi connectivity index (χ4n) is 5.49. The highest BCUT2D eigenvalue weighted by molar-refractivity contribution is 5.54. The third-order valence-electron chi connectivity index (χ3n) is 7.02. The summed E-state index contributed by atoms with van der Waals surface area (Å²) >= 11 is 0. The summed E-state index contributed by atoms with van der Waals surface area (Å²) in [7, 11) is 0. The molecule has 1 saturated carbocycles. The topological polar surface area (TPSA) is 80.4 Å². The van der Waals surface area contributed by atoms with Crippen LogP contribution in [0.25, 0.3) is 0 Å². The average Bonchev–Trinajstić information content (AvgIpc) is 3.44. The molecule has 7 rings (SSSR count). The van der Waals surface area contributed by atoms with Crippen LogP contribution < -0.4 is 20.1 Å². The van der Waals surface area contributed by atoms with Crippen molar-refractivity contribution < 1.29 is 22.6 Å². The molecule has 0 N–H and O–H groups in total. The quantitative estimate of drug-likeness (QED) is 0.536. The molecule has 2 saturated heterocycles. The molecule has 4 aliphatic rings. The molecule has 10 heteroatoms. The van der Waals surface area contributed by atoms with E-state index in [1.165, 1.54) is 18.2 Å². The van der Waals surface area contributed by atoms with Gasteiger partial charge < -0.3 is 14.4 Å². The van der Waals surface area contributed by atoms with E-state index in [1.807, 2.05) is 6.07 Å². The van der Waals surface area contributed by atoms with E-state index in [0.717, 1.165) is 37.3 Å². The van der Waals surface area contributed by atoms with Gasteiger partial charge in [0.25, 0.3) is 0 Å². The SMILES string of the molecule is N#Cc1cccc(COc2cc3n(c(=O)n2)CC24CC(CN32)C4)c1Oc1cccc(C(F)(F)F)c1. The van der Waals surface area contributed by atoms with Gasteiger partial charge in [-0.05, 0) is 43.0 Å². The number of benzene rings is 2. The number of fused-ring (bicyclic) bond motifs is 1. The molecule has 3 aliphatic heterocycles. The third kappa shape index (κ3) is 3.50. The van der Waals surface area contributed by atoms with E-state index in [9.17, 15) is 23.2 Å². The van der Waals surface area contributed by atoms with Crippen LogP contribution in [-0.4, -0.2) is 21.6 Å². The van der Waals surface area contributed by atoms with E-state index in [4.69, 9.17) is 9.47 Å². The van der Waals surface area contributed by atoms with Crippen LogP contribution in [0.2, 0.25) is 0 Å². The molecule has 7 nitrogen and oxygen atoms in total. The van der Waals surface area contributed by atoms with E-state index in [2.05, 4.69) is 9.88 Å². The Hall–Kier alpha value is -4.00. The zero-order valence-electron chi connectivity index (χ0n) is 18.4. The molecule has 0 amide bonds. The lowest BCUT2D eigenvalue weighted by atomic mass is 9.74. The average molecular weight is 480 g/mol. The zero-order chi connectivity index (χ0) is 24.4. The number of para-hydroxylation sites is 1. The van der Waals surface area contributed by atoms with Crippen LogP contribution in [-0.2, 0) is 19.3 Å². The van der Waals surface area contributed by atoms with E-state index < -0.39 is 11.7 Å². The Balaban J connectivity index is 1.27. The molecule has 2 aromatic carbocycles. The molecule has 0 unspecified atom stereocenters. The number of alkyl halides is 3. The van der Waals surface area contributed by atoms with Crippen LogP contribution in [0.5, 0.6) is 17.4 Å². The van der Waals surface area contributed by atoms with Gasteiger partial charge >= 0.3 is 11.9 Å². The van der Waals surface area contributed by atoms with Crippen molar-refractivity contribution in [1.82, 2.24) is 9.55 Å². The van der Waals surface area contributed by atoms with Crippen LogP contribution >= 0.6 is 0 Å². The Morgan fingerprint density at radius 1 is 1.17 bits per heavy atom. The van der Waals surface area contributed by atoms with Crippen molar-refractivity contribution in [2.24, 2.45) is 5.92 Å². The fraction of sp³-hybridized carbons (Fsp3) is 0.320. The standard InChI is InChI=1S/C25H19F3N4O3/c26-25(27,28)18-5-2-6-19(7-18)35-22-16(11-29)3-1-4-17(22)13-34-20-8-21-31(23(33)30-20)14-24-9-15(10-24)12-32(21)24/h1-8,15H,9-10,12-14H2. The monoisotopic (exact) mass is 480 g/mol. The molecule has 4 heterocycles. The molecule has 178 valence electrons. The van der Waals surface area contributed by atoms with Gasteiger partial charge in [0.05, 0.1) is 23.2 Å². The summed E-state index contributed by atoms with van der Waals surface area (Å²) in [6, 6.07) is 13.0. The Bertz CT molecular complexity index is 1440. The van der Waals surface area contributed by atoms with Gasteiger partial charge in [-0.3, -0.25) is 4.57 Å². The summed E-state index contributed by atoms with van der Waals surface area (Å²) in [4.78, 5) is 19.0. The second-order valence-corrected chi connectivity index (χ2v) is 9.25. The molecule has 3 aromatic rings. The smallest absolute Gasteiger partial charge is 0.416 e. The molecule has 0 radical (unpaired) electrons. The third-order valence-corrected chi connectivity index (χ3v) is 7.02. The highest BCUT2D eigenvalue weighted by Crippen LogP contribution is 2.56. The Morgan fingerprint density at radius 3 is 2.74 bits per heavy atom. The predicted molar refractivity (Wildman–Crippen MR) is 118 cm³/mol. The lowest BCUT2D eigenvalue weighted by Gasteiger charge is -2.37. The van der Waals surface area contributed by atoms with Gasteiger partial charge in [0.2, 0.25) is 5.88 Å². The fourth-order valence-corrected chi connectivity index (χ4v) is 5.49. The Morgan fingerprint density at radius 2 is 1.97 bits per heavy atom. The highest BCUT2D eigenvalue weighted by Gasteiger charge is 2.60. The molecule has 35 heavy (non-hydrogen) atoms. The van der Waals surface area contributed by atoms with Gasteiger partial charge in [0.15, 0.2) is 5.75 Å². The molecule has 0 atom stereocenters. The van der Waals surface area contributed by atoms with Crippen molar-refractivity contribution in [3.63, 3.8) is 0 Å². The Labute approximate surface area is 197 Å². The number of aromatic nitrogens is 2. The van der Waals surface area contributed by atoms with Crippen molar-refractivity contribution in [2.45, 2.75) is 37.7 Å². The first kappa shape index (κ1) is 21.5. The second-order valence-electron chi connectivity index (χ2n) is 9.25. The van der Waals surface area contributed by atoms with Crippen LogP contribution in [0.15, 0.2) is 53.3 Å². The number of ether oxygens (including phenoxy) is 2. The van der Waals surface area contributed by atoms with Crippen molar-refractivity contribution in [1.29, 1.82) is 5.26 Å². The maximum absolute atomic E-state index is 13.1. The number of nitriles is 1. The highest BCUT2D eigenvalue weighted by atomic mass is 19.4. The molecule has 1 spiro atoms. The van der Waals surface area contributed by atoms with Crippen LogP contribution in [0.1, 0.15) is 29.5 Å². The van der Waals surface area contributed by atoms with Gasteiger partial charge in [-0.1, -0.05) is 18.2 Å². The molecule has 2 bridgehead atoms. The molecule has 3 fully saturated rings. The van der Waals surface area contributed by atoms with Crippen molar-refractivity contribution in [3.05, 3.63) is 75.7 Å². The Kier molecular flexibility index (Phi) is 4.61. The largest absolute Gasteiger partial charge is 0.472 e. The lowest BCUT2D eigenvalue weighted by molar-refractivity contribution is -0.137. The van der Waals surface area contributed by atoms with Gasteiger partial charge in [-0.2, -0.15) is 23.4 Å². The van der Waals surface area contributed by atoms with Crippen molar-refractivity contribution >= 4 is 5.82 Å². The summed E-state index contributed by atoms with van der Waals surface area (Å²) in [5.41, 5.74) is -0.629. The summed E-state index contributed by atoms with van der Waals surface area (Å²) < 4.78 is 52.6. The van der Waals surface area contributed by atoms with Crippen LogP contribution in [0.3, 0.4) is 0 Å². The second kappa shape index (κ2) is 7.50. The van der Waals surface area contributed by atoms with E-state index in [0.29, 0.717) is 18.0 Å². The summed E-state index contributed by atoms with van der Waals surface area (Å²) in [6.45, 7) is 1.47. The zero-order valence-corrected chi connectivity index (χ0v) is 18.4. The summed E-state index contributed by atoms with van der Waals surface area (Å²) in [6.07, 6.45) is -2.36. The first-order chi connectivity index (χ1) is 16.8. The molecule has 1 aliphatic carbocycles. The first-order valence-electron chi connectivity index (χ1n) is 11.2. The first-order valence-corrected chi connectivity index (χ1v) is 11.2. The van der Waals surface area contributed by atoms with E-state index in [1.54, 1.807) is 22.8 Å². The molecule has 1 aromatic heterocycles. The maximum Gasteiger partial charge on any atom is 0.416 e. The maximum atomic E-state index is 13.1. The number of halogens is 3.